The van der Waals surface area contributed by atoms with Gasteiger partial charge in [-0.1, -0.05) is 27.7 Å². The third-order valence-electron chi connectivity index (χ3n) is 0.609. The molecule has 0 aromatic rings. The Hall–Kier alpha value is 0.260. The van der Waals surface area contributed by atoms with E-state index >= 15 is 0 Å². The van der Waals surface area contributed by atoms with Gasteiger partial charge in [-0.2, -0.15) is 0 Å². The maximum atomic E-state index is 8.89. The van der Waals surface area contributed by atoms with Gasteiger partial charge in [0, 0.05) is 11.1 Å². The van der Waals surface area contributed by atoms with Gasteiger partial charge in [-0.15, -0.1) is 0 Å². The molecular formula is C4H9BrN2OS. The number of aliphatic hydroxyl groups excluding tert-OH is 1. The van der Waals surface area contributed by atoms with Gasteiger partial charge < -0.3 is 10.8 Å². The van der Waals surface area contributed by atoms with Crippen molar-refractivity contribution in [1.82, 2.24) is 0 Å². The number of amidine groups is 1. The second-order valence-corrected chi connectivity index (χ2v) is 3.19. The topological polar surface area (TPSA) is 70.1 Å². The summed E-state index contributed by atoms with van der Waals surface area (Å²) in [4.78, 5) is 0. The quantitative estimate of drug-likeness (QED) is 0.360. The molecule has 0 aromatic heterocycles. The average Bonchev–Trinajstić information content (AvgIpc) is 1.83. The first kappa shape index (κ1) is 9.26. The van der Waals surface area contributed by atoms with E-state index < -0.39 is 6.10 Å². The number of alkyl halides is 1. The summed E-state index contributed by atoms with van der Waals surface area (Å²) in [6, 6.07) is 0. The Bertz CT molecular complexity index is 101. The van der Waals surface area contributed by atoms with Gasteiger partial charge >= 0.3 is 0 Å². The Morgan fingerprint density at radius 3 is 2.78 bits per heavy atom. The fourth-order valence-corrected chi connectivity index (χ4v) is 1.25. The van der Waals surface area contributed by atoms with Crippen molar-refractivity contribution in [2.24, 2.45) is 5.73 Å². The molecule has 0 rings (SSSR count). The van der Waals surface area contributed by atoms with Crippen LogP contribution in [0.3, 0.4) is 0 Å². The number of aliphatic hydroxyl groups is 1. The Labute approximate surface area is 66.6 Å². The summed E-state index contributed by atoms with van der Waals surface area (Å²) in [7, 11) is 0. The second kappa shape index (κ2) is 5.08. The summed E-state index contributed by atoms with van der Waals surface area (Å²) >= 11 is 4.24. The van der Waals surface area contributed by atoms with Crippen LogP contribution in [0.2, 0.25) is 0 Å². The number of hydrogen-bond acceptors (Lipinski definition) is 3. The SMILES string of the molecule is N=C(N)SC[C@@H](O)CBr. The number of nitrogens with one attached hydrogen (secondary N) is 1. The van der Waals surface area contributed by atoms with Crippen LogP contribution in [0, 0.1) is 5.41 Å². The van der Waals surface area contributed by atoms with Crippen molar-refractivity contribution in [2.45, 2.75) is 6.10 Å². The van der Waals surface area contributed by atoms with Gasteiger partial charge in [-0.05, 0) is 0 Å². The highest BCUT2D eigenvalue weighted by Gasteiger charge is 2.01. The average molecular weight is 213 g/mol. The summed E-state index contributed by atoms with van der Waals surface area (Å²) in [6.45, 7) is 0. The summed E-state index contributed by atoms with van der Waals surface area (Å²) < 4.78 is 0. The third kappa shape index (κ3) is 6.14. The van der Waals surface area contributed by atoms with Crippen LogP contribution in [0.4, 0.5) is 0 Å². The minimum atomic E-state index is -0.404. The molecule has 0 aliphatic carbocycles. The van der Waals surface area contributed by atoms with Crippen molar-refractivity contribution in [3.63, 3.8) is 0 Å². The van der Waals surface area contributed by atoms with E-state index in [-0.39, 0.29) is 5.17 Å². The van der Waals surface area contributed by atoms with Gasteiger partial charge in [0.05, 0.1) is 6.10 Å². The van der Waals surface area contributed by atoms with E-state index in [9.17, 15) is 0 Å². The first-order valence-corrected chi connectivity index (χ1v) is 4.48. The fourth-order valence-electron chi connectivity index (χ4n) is 0.231. The minimum absolute atomic E-state index is 0.0509. The lowest BCUT2D eigenvalue weighted by molar-refractivity contribution is 0.226. The molecule has 0 radical (unpaired) electrons. The highest BCUT2D eigenvalue weighted by molar-refractivity contribution is 9.09. The molecule has 0 aromatic carbocycles. The Balaban J connectivity index is 3.16. The van der Waals surface area contributed by atoms with Gasteiger partial charge in [0.15, 0.2) is 5.17 Å². The smallest absolute Gasteiger partial charge is 0.151 e. The zero-order valence-corrected chi connectivity index (χ0v) is 7.20. The van der Waals surface area contributed by atoms with E-state index in [0.717, 1.165) is 11.8 Å². The second-order valence-electron chi connectivity index (χ2n) is 1.48. The van der Waals surface area contributed by atoms with Crippen LogP contribution in [0.1, 0.15) is 0 Å². The summed E-state index contributed by atoms with van der Waals surface area (Å²) in [5, 5.41) is 16.2. The normalized spacial score (nSPS) is 13.1. The molecule has 0 saturated carbocycles. The number of hydrogen-bond donors (Lipinski definition) is 3. The molecule has 4 N–H and O–H groups in total. The molecule has 54 valence electrons. The van der Waals surface area contributed by atoms with E-state index in [1.807, 2.05) is 0 Å². The lowest BCUT2D eigenvalue weighted by Crippen LogP contribution is -2.15. The number of nitrogens with two attached hydrogens (primary N) is 1. The van der Waals surface area contributed by atoms with Crippen LogP contribution in [0.25, 0.3) is 0 Å². The largest absolute Gasteiger partial charge is 0.391 e. The van der Waals surface area contributed by atoms with E-state index in [1.54, 1.807) is 0 Å². The fraction of sp³-hybridized carbons (Fsp3) is 0.750. The lowest BCUT2D eigenvalue weighted by atomic mass is 10.5. The van der Waals surface area contributed by atoms with Crippen LogP contribution in [0.15, 0.2) is 0 Å². The lowest BCUT2D eigenvalue weighted by Gasteiger charge is -2.03. The van der Waals surface area contributed by atoms with Crippen LogP contribution in [-0.4, -0.2) is 27.5 Å². The van der Waals surface area contributed by atoms with Crippen LogP contribution in [0.5, 0.6) is 0 Å². The number of rotatable bonds is 3. The Morgan fingerprint density at radius 1 is 1.89 bits per heavy atom. The molecule has 9 heavy (non-hydrogen) atoms. The van der Waals surface area contributed by atoms with Gasteiger partial charge in [0.2, 0.25) is 0 Å². The molecule has 3 nitrogen and oxygen atoms in total. The molecule has 1 atom stereocenters. The van der Waals surface area contributed by atoms with Crippen molar-refractivity contribution >= 4 is 32.9 Å². The Kier molecular flexibility index (Phi) is 5.22. The molecule has 0 aliphatic heterocycles. The maximum Gasteiger partial charge on any atom is 0.151 e. The van der Waals surface area contributed by atoms with Gasteiger partial charge in [-0.25, -0.2) is 0 Å². The van der Waals surface area contributed by atoms with Crippen molar-refractivity contribution < 1.29 is 5.11 Å². The molecule has 0 saturated heterocycles. The predicted molar refractivity (Wildman–Crippen MR) is 44.2 cm³/mol. The highest BCUT2D eigenvalue weighted by atomic mass is 79.9. The summed E-state index contributed by atoms with van der Waals surface area (Å²) in [5.41, 5.74) is 5.02. The predicted octanol–water partition coefficient (Wildman–Crippen LogP) is 0.369. The molecule has 5 heteroatoms. The van der Waals surface area contributed by atoms with E-state index in [1.165, 1.54) is 0 Å². The van der Waals surface area contributed by atoms with Crippen LogP contribution >= 0.6 is 27.7 Å². The molecule has 0 aliphatic rings. The standard InChI is InChI=1S/C4H9BrN2OS/c5-1-3(8)2-9-4(6)7/h3,8H,1-2H2,(H3,6,7)/t3-/m0/s1. The van der Waals surface area contributed by atoms with E-state index in [4.69, 9.17) is 16.2 Å². The van der Waals surface area contributed by atoms with E-state index in [0.29, 0.717) is 11.1 Å². The summed E-state index contributed by atoms with van der Waals surface area (Å²) in [5.74, 6) is 0.487. The molecule has 0 heterocycles. The molecular weight excluding hydrogens is 204 g/mol. The van der Waals surface area contributed by atoms with Gasteiger partial charge in [-0.3, -0.25) is 5.41 Å². The van der Waals surface area contributed by atoms with Crippen molar-refractivity contribution in [1.29, 1.82) is 5.41 Å². The van der Waals surface area contributed by atoms with E-state index in [2.05, 4.69) is 15.9 Å². The number of halogens is 1. The molecule has 0 spiro atoms. The maximum absolute atomic E-state index is 8.89. The van der Waals surface area contributed by atoms with Crippen LogP contribution in [-0.2, 0) is 0 Å². The minimum Gasteiger partial charge on any atom is -0.391 e. The van der Waals surface area contributed by atoms with Gasteiger partial charge in [0.25, 0.3) is 0 Å². The first-order chi connectivity index (χ1) is 4.16. The molecule has 0 unspecified atom stereocenters. The molecule has 0 amide bonds. The van der Waals surface area contributed by atoms with Crippen LogP contribution < -0.4 is 5.73 Å². The van der Waals surface area contributed by atoms with Gasteiger partial charge in [0.1, 0.15) is 0 Å². The zero-order chi connectivity index (χ0) is 7.28. The summed E-state index contributed by atoms with van der Waals surface area (Å²) in [6.07, 6.45) is -0.404. The highest BCUT2D eigenvalue weighted by Crippen LogP contribution is 2.02. The van der Waals surface area contributed by atoms with Crippen molar-refractivity contribution in [3.8, 4) is 0 Å². The Morgan fingerprint density at radius 2 is 2.44 bits per heavy atom. The van der Waals surface area contributed by atoms with Crippen molar-refractivity contribution in [3.05, 3.63) is 0 Å². The third-order valence-corrected chi connectivity index (χ3v) is 2.22. The molecule has 0 bridgehead atoms. The van der Waals surface area contributed by atoms with Crippen molar-refractivity contribution in [2.75, 3.05) is 11.1 Å². The monoisotopic (exact) mass is 212 g/mol. The zero-order valence-electron chi connectivity index (χ0n) is 4.80. The molecule has 0 fully saturated rings. The number of thioether (sulfide) groups is 1. The first-order valence-electron chi connectivity index (χ1n) is 2.37.